The van der Waals surface area contributed by atoms with Crippen LogP contribution in [0.2, 0.25) is 0 Å². The van der Waals surface area contributed by atoms with E-state index in [2.05, 4.69) is 17.2 Å². The van der Waals surface area contributed by atoms with Gasteiger partial charge >= 0.3 is 6.09 Å². The predicted octanol–water partition coefficient (Wildman–Crippen LogP) is 1.86. The first kappa shape index (κ1) is 15.1. The topological polar surface area (TPSA) is 80.7 Å². The molecule has 0 bridgehead atoms. The Hall–Kier alpha value is -1.98. The number of amides is 1. The van der Waals surface area contributed by atoms with Gasteiger partial charge in [0.15, 0.2) is 0 Å². The molecule has 0 saturated carbocycles. The van der Waals surface area contributed by atoms with Crippen LogP contribution in [0.3, 0.4) is 0 Å². The van der Waals surface area contributed by atoms with Crippen LogP contribution in [-0.4, -0.2) is 36.9 Å². The molecule has 1 aromatic rings. The Morgan fingerprint density at radius 3 is 2.63 bits per heavy atom. The summed E-state index contributed by atoms with van der Waals surface area (Å²) in [6, 6.07) is 1.91. The molecular formula is C13H20N2O4. The summed E-state index contributed by atoms with van der Waals surface area (Å²) in [7, 11) is 3.15. The molecule has 0 aliphatic heterocycles. The monoisotopic (exact) mass is 268 g/mol. The minimum absolute atomic E-state index is 0.287. The molecule has 0 radical (unpaired) electrons. The van der Waals surface area contributed by atoms with Crippen molar-refractivity contribution in [3.63, 3.8) is 0 Å². The lowest BCUT2D eigenvalue weighted by Gasteiger charge is -2.13. The standard InChI is InChI=1S/C13H20N2O4/c1-4-5-9-8-11(18-2)10(15-12(9)19-3)6-7-14-13(16)17/h8,14H,4-7H2,1-3H3,(H,16,17). The molecule has 0 spiro atoms. The van der Waals surface area contributed by atoms with Crippen molar-refractivity contribution in [1.29, 1.82) is 0 Å². The van der Waals surface area contributed by atoms with Gasteiger partial charge in [0, 0.05) is 18.5 Å². The van der Waals surface area contributed by atoms with E-state index in [-0.39, 0.29) is 6.54 Å². The number of hydrogen-bond donors (Lipinski definition) is 2. The molecule has 1 amide bonds. The third kappa shape index (κ3) is 4.31. The number of carboxylic acid groups (broad SMARTS) is 1. The molecule has 0 unspecified atom stereocenters. The van der Waals surface area contributed by atoms with E-state index >= 15 is 0 Å². The molecular weight excluding hydrogens is 248 g/mol. The summed E-state index contributed by atoms with van der Waals surface area (Å²) in [4.78, 5) is 14.8. The number of carbonyl (C=O) groups is 1. The van der Waals surface area contributed by atoms with E-state index in [0.29, 0.717) is 23.7 Å². The molecule has 1 rings (SSSR count). The zero-order valence-electron chi connectivity index (χ0n) is 11.5. The molecule has 19 heavy (non-hydrogen) atoms. The average Bonchev–Trinajstić information content (AvgIpc) is 2.39. The summed E-state index contributed by atoms with van der Waals surface area (Å²) in [5.41, 5.74) is 1.68. The molecule has 106 valence electrons. The van der Waals surface area contributed by atoms with Gasteiger partial charge in [-0.1, -0.05) is 13.3 Å². The third-order valence-electron chi connectivity index (χ3n) is 2.67. The van der Waals surface area contributed by atoms with Crippen LogP contribution in [0.5, 0.6) is 11.6 Å². The van der Waals surface area contributed by atoms with Crippen LogP contribution in [0, 0.1) is 0 Å². The Kier molecular flexibility index (Phi) is 5.92. The largest absolute Gasteiger partial charge is 0.495 e. The first-order valence-corrected chi connectivity index (χ1v) is 6.19. The molecule has 0 aliphatic rings. The molecule has 2 N–H and O–H groups in total. The highest BCUT2D eigenvalue weighted by atomic mass is 16.5. The Labute approximate surface area is 112 Å². The van der Waals surface area contributed by atoms with Gasteiger partial charge < -0.3 is 19.9 Å². The van der Waals surface area contributed by atoms with Crippen LogP contribution >= 0.6 is 0 Å². The Morgan fingerprint density at radius 1 is 1.37 bits per heavy atom. The number of aromatic nitrogens is 1. The molecule has 1 aromatic heterocycles. The summed E-state index contributed by atoms with van der Waals surface area (Å²) < 4.78 is 10.6. The predicted molar refractivity (Wildman–Crippen MR) is 71.1 cm³/mol. The number of ether oxygens (including phenoxy) is 2. The van der Waals surface area contributed by atoms with E-state index < -0.39 is 6.09 Å². The lowest BCUT2D eigenvalue weighted by molar-refractivity contribution is 0.194. The van der Waals surface area contributed by atoms with Gasteiger partial charge in [-0.15, -0.1) is 0 Å². The molecule has 6 heteroatoms. The van der Waals surface area contributed by atoms with Crippen molar-refractivity contribution in [2.75, 3.05) is 20.8 Å². The summed E-state index contributed by atoms with van der Waals surface area (Å²) in [5, 5.41) is 10.8. The molecule has 0 atom stereocenters. The SMILES string of the molecule is CCCc1cc(OC)c(CCNC(=O)O)nc1OC. The van der Waals surface area contributed by atoms with Crippen molar-refractivity contribution in [1.82, 2.24) is 10.3 Å². The van der Waals surface area contributed by atoms with Gasteiger partial charge in [-0.3, -0.25) is 0 Å². The summed E-state index contributed by atoms with van der Waals surface area (Å²) in [6.07, 6.45) is 1.26. The second-order valence-electron chi connectivity index (χ2n) is 4.04. The lowest BCUT2D eigenvalue weighted by atomic mass is 10.1. The number of hydrogen-bond acceptors (Lipinski definition) is 4. The van der Waals surface area contributed by atoms with E-state index in [4.69, 9.17) is 14.6 Å². The van der Waals surface area contributed by atoms with Crippen LogP contribution < -0.4 is 14.8 Å². The Bertz CT molecular complexity index is 435. The van der Waals surface area contributed by atoms with Crippen LogP contribution in [0.25, 0.3) is 0 Å². The molecule has 0 fully saturated rings. The third-order valence-corrected chi connectivity index (χ3v) is 2.67. The number of pyridine rings is 1. The van der Waals surface area contributed by atoms with Crippen molar-refractivity contribution in [3.8, 4) is 11.6 Å². The second-order valence-corrected chi connectivity index (χ2v) is 4.04. The van der Waals surface area contributed by atoms with Gasteiger partial charge in [0.2, 0.25) is 5.88 Å². The second kappa shape index (κ2) is 7.45. The fourth-order valence-corrected chi connectivity index (χ4v) is 1.82. The molecule has 0 aliphatic carbocycles. The highest BCUT2D eigenvalue weighted by Gasteiger charge is 2.12. The maximum Gasteiger partial charge on any atom is 0.404 e. The normalized spacial score (nSPS) is 10.1. The maximum atomic E-state index is 10.4. The van der Waals surface area contributed by atoms with Crippen molar-refractivity contribution in [2.45, 2.75) is 26.2 Å². The average molecular weight is 268 g/mol. The fourth-order valence-electron chi connectivity index (χ4n) is 1.82. The van der Waals surface area contributed by atoms with E-state index in [0.717, 1.165) is 18.4 Å². The zero-order valence-corrected chi connectivity index (χ0v) is 11.5. The van der Waals surface area contributed by atoms with E-state index in [1.165, 1.54) is 0 Å². The number of nitrogens with one attached hydrogen (secondary N) is 1. The van der Waals surface area contributed by atoms with E-state index in [9.17, 15) is 4.79 Å². The Balaban J connectivity index is 2.92. The van der Waals surface area contributed by atoms with E-state index in [1.807, 2.05) is 6.07 Å². The smallest absolute Gasteiger partial charge is 0.404 e. The molecule has 0 saturated heterocycles. The lowest BCUT2D eigenvalue weighted by Crippen LogP contribution is -2.23. The summed E-state index contributed by atoms with van der Waals surface area (Å²) in [6.45, 7) is 2.37. The van der Waals surface area contributed by atoms with Gasteiger partial charge in [0.1, 0.15) is 5.75 Å². The quantitative estimate of drug-likeness (QED) is 0.789. The zero-order chi connectivity index (χ0) is 14.3. The van der Waals surface area contributed by atoms with Crippen LogP contribution in [0.15, 0.2) is 6.07 Å². The molecule has 0 aromatic carbocycles. The highest BCUT2D eigenvalue weighted by molar-refractivity contribution is 5.64. The minimum Gasteiger partial charge on any atom is -0.495 e. The van der Waals surface area contributed by atoms with Crippen molar-refractivity contribution < 1.29 is 19.4 Å². The van der Waals surface area contributed by atoms with Gasteiger partial charge in [0.25, 0.3) is 0 Å². The molecule has 6 nitrogen and oxygen atoms in total. The van der Waals surface area contributed by atoms with Gasteiger partial charge in [-0.2, -0.15) is 0 Å². The Morgan fingerprint density at radius 2 is 2.11 bits per heavy atom. The maximum absolute atomic E-state index is 10.4. The van der Waals surface area contributed by atoms with E-state index in [1.54, 1.807) is 14.2 Å². The number of methoxy groups -OCH3 is 2. The van der Waals surface area contributed by atoms with Crippen molar-refractivity contribution >= 4 is 6.09 Å². The summed E-state index contributed by atoms with van der Waals surface area (Å²) >= 11 is 0. The van der Waals surface area contributed by atoms with Gasteiger partial charge in [-0.25, -0.2) is 9.78 Å². The fraction of sp³-hybridized carbons (Fsp3) is 0.538. The number of aryl methyl sites for hydroxylation is 1. The number of nitrogens with zero attached hydrogens (tertiary/aromatic N) is 1. The highest BCUT2D eigenvalue weighted by Crippen LogP contribution is 2.26. The van der Waals surface area contributed by atoms with Crippen molar-refractivity contribution in [2.24, 2.45) is 0 Å². The van der Waals surface area contributed by atoms with Crippen LogP contribution in [-0.2, 0) is 12.8 Å². The first-order valence-electron chi connectivity index (χ1n) is 6.19. The number of rotatable bonds is 7. The van der Waals surface area contributed by atoms with Crippen LogP contribution in [0.4, 0.5) is 4.79 Å². The summed E-state index contributed by atoms with van der Waals surface area (Å²) in [5.74, 6) is 1.24. The van der Waals surface area contributed by atoms with Crippen molar-refractivity contribution in [3.05, 3.63) is 17.3 Å². The van der Waals surface area contributed by atoms with Gasteiger partial charge in [-0.05, 0) is 12.5 Å². The first-order chi connectivity index (χ1) is 9.12. The molecule has 1 heterocycles. The van der Waals surface area contributed by atoms with Crippen LogP contribution in [0.1, 0.15) is 24.6 Å². The van der Waals surface area contributed by atoms with Gasteiger partial charge in [0.05, 0.1) is 19.9 Å². The minimum atomic E-state index is -1.05.